The van der Waals surface area contributed by atoms with Gasteiger partial charge in [-0.25, -0.2) is 4.98 Å². The summed E-state index contributed by atoms with van der Waals surface area (Å²) in [4.78, 5) is 15.9. The largest absolute Gasteiger partial charge is 0.344 e. The molecule has 5 heteroatoms. The maximum absolute atomic E-state index is 11.3. The zero-order chi connectivity index (χ0) is 20.1. The van der Waals surface area contributed by atoms with Crippen LogP contribution in [-0.2, 0) is 16.8 Å². The summed E-state index contributed by atoms with van der Waals surface area (Å²) in [5, 5.41) is 5.87. The normalized spacial score (nSPS) is 11.2. The Labute approximate surface area is 179 Å². The molecule has 0 bridgehead atoms. The highest BCUT2D eigenvalue weighted by Gasteiger charge is 2.37. The van der Waals surface area contributed by atoms with Crippen molar-refractivity contribution in [3.63, 3.8) is 0 Å². The fraction of sp³-hybridized carbons (Fsp3) is 0.0833. The van der Waals surface area contributed by atoms with Crippen LogP contribution < -0.4 is 5.32 Å². The van der Waals surface area contributed by atoms with Crippen LogP contribution in [-0.4, -0.2) is 10.2 Å². The molecule has 0 amide bonds. The van der Waals surface area contributed by atoms with Crippen molar-refractivity contribution in [2.75, 3.05) is 5.32 Å². The number of aromatic nitrogens is 1. The van der Waals surface area contributed by atoms with Gasteiger partial charge in [-0.3, -0.25) is 4.79 Å². The number of hydrogen-bond acceptors (Lipinski definition) is 4. The van der Waals surface area contributed by atoms with Gasteiger partial charge in [-0.1, -0.05) is 91.0 Å². The van der Waals surface area contributed by atoms with Gasteiger partial charge in [-0.15, -0.1) is 11.3 Å². The molecule has 3 nitrogen and oxygen atoms in total. The minimum absolute atomic E-state index is 0.120. The molecule has 0 radical (unpaired) electrons. The smallest absolute Gasteiger partial charge is 0.227 e. The summed E-state index contributed by atoms with van der Waals surface area (Å²) in [7, 11) is 0. The van der Waals surface area contributed by atoms with Crippen LogP contribution in [0.3, 0.4) is 0 Å². The highest BCUT2D eigenvalue weighted by atomic mass is 35.5. The van der Waals surface area contributed by atoms with E-state index in [9.17, 15) is 4.79 Å². The van der Waals surface area contributed by atoms with Gasteiger partial charge >= 0.3 is 0 Å². The van der Waals surface area contributed by atoms with Crippen molar-refractivity contribution in [2.45, 2.75) is 12.0 Å². The summed E-state index contributed by atoms with van der Waals surface area (Å²) in [6.07, 6.45) is 0.120. The molecule has 4 aromatic rings. The zero-order valence-electron chi connectivity index (χ0n) is 15.6. The molecule has 29 heavy (non-hydrogen) atoms. The molecule has 144 valence electrons. The van der Waals surface area contributed by atoms with Crippen LogP contribution in [0.1, 0.15) is 22.4 Å². The van der Waals surface area contributed by atoms with Gasteiger partial charge in [0.2, 0.25) is 5.24 Å². The van der Waals surface area contributed by atoms with E-state index in [4.69, 9.17) is 11.6 Å². The van der Waals surface area contributed by atoms with Gasteiger partial charge in [0, 0.05) is 5.38 Å². The minimum atomic E-state index is -0.635. The first-order valence-corrected chi connectivity index (χ1v) is 10.5. The molecule has 0 saturated heterocycles. The first kappa shape index (κ1) is 19.4. The fourth-order valence-electron chi connectivity index (χ4n) is 3.53. The van der Waals surface area contributed by atoms with Crippen molar-refractivity contribution >= 4 is 33.3 Å². The number of hydrogen-bond donors (Lipinski definition) is 1. The average Bonchev–Trinajstić information content (AvgIpc) is 3.20. The topological polar surface area (TPSA) is 42.0 Å². The van der Waals surface area contributed by atoms with Crippen molar-refractivity contribution in [1.29, 1.82) is 0 Å². The summed E-state index contributed by atoms with van der Waals surface area (Å²) >= 11 is 7.02. The summed E-state index contributed by atoms with van der Waals surface area (Å²) in [6, 6.07) is 31.0. The number of thiazole rings is 1. The Balaban J connectivity index is 1.90. The molecule has 0 spiro atoms. The Hall–Kier alpha value is -2.95. The highest BCUT2D eigenvalue weighted by Crippen LogP contribution is 2.40. The van der Waals surface area contributed by atoms with Crippen LogP contribution in [0, 0.1) is 0 Å². The van der Waals surface area contributed by atoms with Crippen LogP contribution in [0.25, 0.3) is 0 Å². The monoisotopic (exact) mass is 418 g/mol. The number of rotatable bonds is 7. The van der Waals surface area contributed by atoms with Crippen LogP contribution in [0.4, 0.5) is 5.13 Å². The number of benzene rings is 3. The summed E-state index contributed by atoms with van der Waals surface area (Å²) in [5.41, 5.74) is 3.33. The van der Waals surface area contributed by atoms with Crippen molar-refractivity contribution in [3.05, 3.63) is 119 Å². The first-order valence-electron chi connectivity index (χ1n) is 9.26. The Morgan fingerprint density at radius 2 is 1.28 bits per heavy atom. The van der Waals surface area contributed by atoms with Crippen LogP contribution >= 0.6 is 22.9 Å². The van der Waals surface area contributed by atoms with Gasteiger partial charge in [-0.05, 0) is 28.3 Å². The number of nitrogens with one attached hydrogen (secondary N) is 1. The lowest BCUT2D eigenvalue weighted by molar-refractivity contribution is -0.111. The van der Waals surface area contributed by atoms with Crippen LogP contribution in [0.2, 0.25) is 0 Å². The molecule has 0 atom stereocenters. The van der Waals surface area contributed by atoms with Crippen molar-refractivity contribution in [3.8, 4) is 0 Å². The number of carbonyl (C=O) groups excluding carboxylic acids is 1. The van der Waals surface area contributed by atoms with Crippen molar-refractivity contribution in [2.24, 2.45) is 0 Å². The molecule has 3 aromatic carbocycles. The average molecular weight is 419 g/mol. The predicted molar refractivity (Wildman–Crippen MR) is 120 cm³/mol. The highest BCUT2D eigenvalue weighted by molar-refractivity contribution is 7.13. The van der Waals surface area contributed by atoms with E-state index < -0.39 is 10.8 Å². The molecular weight excluding hydrogens is 400 g/mol. The van der Waals surface area contributed by atoms with Crippen molar-refractivity contribution < 1.29 is 4.79 Å². The molecule has 4 rings (SSSR count). The predicted octanol–water partition coefficient (Wildman–Crippen LogP) is 5.86. The zero-order valence-corrected chi connectivity index (χ0v) is 17.2. The van der Waals surface area contributed by atoms with E-state index in [-0.39, 0.29) is 6.42 Å². The maximum atomic E-state index is 11.3. The van der Waals surface area contributed by atoms with Gasteiger partial charge in [0.1, 0.15) is 5.54 Å². The number of anilines is 1. The van der Waals surface area contributed by atoms with E-state index in [1.165, 1.54) is 11.3 Å². The lowest BCUT2D eigenvalue weighted by Gasteiger charge is -2.36. The maximum Gasteiger partial charge on any atom is 0.227 e. The Morgan fingerprint density at radius 3 is 1.69 bits per heavy atom. The van der Waals surface area contributed by atoms with E-state index in [2.05, 4.69) is 46.7 Å². The second-order valence-electron chi connectivity index (χ2n) is 6.65. The van der Waals surface area contributed by atoms with E-state index >= 15 is 0 Å². The number of nitrogens with zero attached hydrogens (tertiary/aromatic N) is 1. The third-order valence-corrected chi connectivity index (χ3v) is 5.73. The lowest BCUT2D eigenvalue weighted by atomic mass is 9.77. The quantitative estimate of drug-likeness (QED) is 0.302. The Kier molecular flexibility index (Phi) is 5.74. The molecule has 1 heterocycles. The van der Waals surface area contributed by atoms with Gasteiger partial charge in [0.15, 0.2) is 5.13 Å². The van der Waals surface area contributed by atoms with Gasteiger partial charge in [-0.2, -0.15) is 0 Å². The van der Waals surface area contributed by atoms with E-state index in [0.717, 1.165) is 21.8 Å². The fourth-order valence-corrected chi connectivity index (χ4v) is 4.43. The van der Waals surface area contributed by atoms with Gasteiger partial charge in [0.25, 0.3) is 0 Å². The van der Waals surface area contributed by atoms with Gasteiger partial charge in [0.05, 0.1) is 12.1 Å². The summed E-state index contributed by atoms with van der Waals surface area (Å²) in [6.45, 7) is 0. The van der Waals surface area contributed by atoms with E-state index in [0.29, 0.717) is 5.69 Å². The van der Waals surface area contributed by atoms with Crippen LogP contribution in [0.5, 0.6) is 0 Å². The van der Waals surface area contributed by atoms with E-state index in [1.54, 1.807) is 0 Å². The number of carbonyl (C=O) groups is 1. The molecule has 1 N–H and O–H groups in total. The molecule has 0 aliphatic heterocycles. The number of halogens is 1. The third kappa shape index (κ3) is 4.09. The molecule has 0 saturated carbocycles. The molecule has 0 aliphatic carbocycles. The molecule has 0 unspecified atom stereocenters. The van der Waals surface area contributed by atoms with Gasteiger partial charge < -0.3 is 5.32 Å². The SMILES string of the molecule is O=C(Cl)Cc1csc(NC(c2ccccc2)(c2ccccc2)c2ccccc2)n1. The Bertz CT molecular complexity index is 985. The second kappa shape index (κ2) is 8.60. The second-order valence-corrected chi connectivity index (χ2v) is 7.93. The minimum Gasteiger partial charge on any atom is -0.344 e. The summed E-state index contributed by atoms with van der Waals surface area (Å²) in [5.74, 6) is 0. The molecule has 0 aliphatic rings. The first-order chi connectivity index (χ1) is 14.2. The standard InChI is InChI=1S/C24H19ClN2OS/c25-22(28)16-21-17-29-23(26-21)27-24(18-10-4-1-5-11-18,19-12-6-2-7-13-19)20-14-8-3-9-15-20/h1-15,17H,16H2,(H,26,27). The van der Waals surface area contributed by atoms with E-state index in [1.807, 2.05) is 60.0 Å². The molecular formula is C24H19ClN2OS. The molecule has 0 fully saturated rings. The van der Waals surface area contributed by atoms with Crippen molar-refractivity contribution in [1.82, 2.24) is 4.98 Å². The lowest BCUT2D eigenvalue weighted by Crippen LogP contribution is -2.38. The Morgan fingerprint density at radius 1 is 0.828 bits per heavy atom. The molecule has 1 aromatic heterocycles. The van der Waals surface area contributed by atoms with Crippen LogP contribution in [0.15, 0.2) is 96.4 Å². The third-order valence-electron chi connectivity index (χ3n) is 4.79. The summed E-state index contributed by atoms with van der Waals surface area (Å²) < 4.78 is 0.